The van der Waals surface area contributed by atoms with Crippen molar-refractivity contribution in [3.8, 4) is 0 Å². The molecule has 0 atom stereocenters. The molecule has 3 rings (SSSR count). The van der Waals surface area contributed by atoms with E-state index in [1.54, 1.807) is 0 Å². The number of aryl methyl sites for hydroxylation is 1. The van der Waals surface area contributed by atoms with Crippen molar-refractivity contribution in [1.29, 1.82) is 0 Å². The number of carbonyl (C=O) groups excluding carboxylic acids is 2. The number of amides is 1. The zero-order chi connectivity index (χ0) is 19.2. The number of ether oxygens (including phenoxy) is 1. The number of nitrogens with one attached hydrogen (secondary N) is 1. The summed E-state index contributed by atoms with van der Waals surface area (Å²) in [5.41, 5.74) is 2.99. The van der Waals surface area contributed by atoms with Crippen LogP contribution >= 0.6 is 0 Å². The van der Waals surface area contributed by atoms with E-state index in [1.165, 1.54) is 12.8 Å². The summed E-state index contributed by atoms with van der Waals surface area (Å²) in [4.78, 5) is 29.6. The number of hydrogen-bond acceptors (Lipinski definition) is 4. The molecule has 1 aromatic heterocycles. The normalized spacial score (nSPS) is 15.3. The Kier molecular flexibility index (Phi) is 6.43. The quantitative estimate of drug-likeness (QED) is 0.637. The second-order valence-electron chi connectivity index (χ2n) is 7.26. The molecule has 5 nitrogen and oxygen atoms in total. The van der Waals surface area contributed by atoms with Crippen LogP contribution in [0, 0.1) is 6.92 Å². The van der Waals surface area contributed by atoms with E-state index in [-0.39, 0.29) is 18.6 Å². The Balaban J connectivity index is 1.70. The van der Waals surface area contributed by atoms with Gasteiger partial charge in [-0.25, -0.2) is 4.79 Å². The molecular formula is C22H28N2O3. The number of fused-ring (bicyclic) bond motifs is 1. The topological polar surface area (TPSA) is 68.3 Å². The summed E-state index contributed by atoms with van der Waals surface area (Å²) in [5.74, 6) is -0.682. The first-order valence-corrected chi connectivity index (χ1v) is 9.94. The molecule has 5 heteroatoms. The Hall–Kier alpha value is -2.43. The molecule has 0 unspecified atom stereocenters. The standard InChI is InChI=1S/C22H28N2O3/c1-3-18-15(2)21(17-12-8-9-13-19(17)24-18)22(26)27-14-20(25)23-16-10-6-4-5-7-11-16/h8-9,12-13,16H,3-7,10-11,14H2,1-2H3,(H,23,25). The zero-order valence-electron chi connectivity index (χ0n) is 16.2. The van der Waals surface area contributed by atoms with Gasteiger partial charge in [-0.05, 0) is 37.8 Å². The van der Waals surface area contributed by atoms with Crippen molar-refractivity contribution in [2.24, 2.45) is 0 Å². The van der Waals surface area contributed by atoms with Gasteiger partial charge in [-0.3, -0.25) is 9.78 Å². The van der Waals surface area contributed by atoms with Crippen molar-refractivity contribution in [2.45, 2.75) is 64.8 Å². The first-order valence-electron chi connectivity index (χ1n) is 9.94. The molecule has 0 radical (unpaired) electrons. The Labute approximate surface area is 160 Å². The van der Waals surface area contributed by atoms with Gasteiger partial charge < -0.3 is 10.1 Å². The van der Waals surface area contributed by atoms with E-state index < -0.39 is 5.97 Å². The molecule has 1 amide bonds. The summed E-state index contributed by atoms with van der Waals surface area (Å²) in [6.07, 6.45) is 7.50. The largest absolute Gasteiger partial charge is 0.452 e. The first kappa shape index (κ1) is 19.3. The van der Waals surface area contributed by atoms with Crippen molar-refractivity contribution < 1.29 is 14.3 Å². The molecule has 27 heavy (non-hydrogen) atoms. The summed E-state index contributed by atoms with van der Waals surface area (Å²) in [7, 11) is 0. The van der Waals surface area contributed by atoms with Crippen LogP contribution in [-0.4, -0.2) is 29.5 Å². The smallest absolute Gasteiger partial charge is 0.339 e. The maximum atomic E-state index is 12.8. The number of benzene rings is 1. The second-order valence-corrected chi connectivity index (χ2v) is 7.26. The van der Waals surface area contributed by atoms with Gasteiger partial charge in [0.25, 0.3) is 5.91 Å². The summed E-state index contributed by atoms with van der Waals surface area (Å²) < 4.78 is 5.37. The third-order valence-corrected chi connectivity index (χ3v) is 5.33. The van der Waals surface area contributed by atoms with Crippen LogP contribution < -0.4 is 5.32 Å². The lowest BCUT2D eigenvalue weighted by Gasteiger charge is -2.17. The fourth-order valence-corrected chi connectivity index (χ4v) is 3.86. The predicted molar refractivity (Wildman–Crippen MR) is 106 cm³/mol. The van der Waals surface area contributed by atoms with Gasteiger partial charge in [-0.15, -0.1) is 0 Å². The lowest BCUT2D eigenvalue weighted by molar-refractivity contribution is -0.125. The third kappa shape index (κ3) is 4.65. The highest BCUT2D eigenvalue weighted by atomic mass is 16.5. The van der Waals surface area contributed by atoms with E-state index >= 15 is 0 Å². The summed E-state index contributed by atoms with van der Waals surface area (Å²) in [5, 5.41) is 3.78. The molecule has 144 valence electrons. The highest BCUT2D eigenvalue weighted by Gasteiger charge is 2.20. The molecule has 0 bridgehead atoms. The van der Waals surface area contributed by atoms with Gasteiger partial charge >= 0.3 is 5.97 Å². The van der Waals surface area contributed by atoms with Crippen molar-refractivity contribution in [1.82, 2.24) is 10.3 Å². The van der Waals surface area contributed by atoms with E-state index in [9.17, 15) is 9.59 Å². The number of esters is 1. The van der Waals surface area contributed by atoms with Gasteiger partial charge in [0.1, 0.15) is 0 Å². The van der Waals surface area contributed by atoms with Crippen LogP contribution in [0.15, 0.2) is 24.3 Å². The molecule has 1 heterocycles. The summed E-state index contributed by atoms with van der Waals surface area (Å²) in [6, 6.07) is 7.75. The minimum absolute atomic E-state index is 0.203. The molecule has 0 aliphatic heterocycles. The van der Waals surface area contributed by atoms with Crippen LogP contribution in [0.1, 0.15) is 67.1 Å². The number of aromatic nitrogens is 1. The molecule has 1 aliphatic rings. The molecule has 1 aromatic carbocycles. The van der Waals surface area contributed by atoms with Crippen LogP contribution in [0.25, 0.3) is 10.9 Å². The number of carbonyl (C=O) groups is 2. The lowest BCUT2D eigenvalue weighted by Crippen LogP contribution is -2.37. The first-order chi connectivity index (χ1) is 13.1. The van der Waals surface area contributed by atoms with E-state index in [4.69, 9.17) is 4.74 Å². The Morgan fingerprint density at radius 3 is 2.56 bits per heavy atom. The average Bonchev–Trinajstić information content (AvgIpc) is 2.94. The van der Waals surface area contributed by atoms with Crippen molar-refractivity contribution in [3.63, 3.8) is 0 Å². The molecular weight excluding hydrogens is 340 g/mol. The summed E-state index contributed by atoms with van der Waals surface area (Å²) in [6.45, 7) is 3.66. The third-order valence-electron chi connectivity index (χ3n) is 5.33. The molecule has 1 saturated carbocycles. The molecule has 0 saturated heterocycles. The van der Waals surface area contributed by atoms with Gasteiger partial charge in [-0.2, -0.15) is 0 Å². The number of hydrogen-bond donors (Lipinski definition) is 1. The maximum absolute atomic E-state index is 12.8. The Bertz CT molecular complexity index is 824. The Morgan fingerprint density at radius 2 is 1.85 bits per heavy atom. The van der Waals surface area contributed by atoms with Crippen LogP contribution in [0.5, 0.6) is 0 Å². The van der Waals surface area contributed by atoms with Crippen molar-refractivity contribution in [3.05, 3.63) is 41.1 Å². The molecule has 1 fully saturated rings. The van der Waals surface area contributed by atoms with E-state index in [1.807, 2.05) is 38.1 Å². The molecule has 0 spiro atoms. The van der Waals surface area contributed by atoms with Crippen LogP contribution in [-0.2, 0) is 16.0 Å². The van der Waals surface area contributed by atoms with Crippen LogP contribution in [0.2, 0.25) is 0 Å². The maximum Gasteiger partial charge on any atom is 0.339 e. The number of pyridine rings is 1. The fraction of sp³-hybridized carbons (Fsp3) is 0.500. The lowest BCUT2D eigenvalue weighted by atomic mass is 10.0. The average molecular weight is 368 g/mol. The van der Waals surface area contributed by atoms with Crippen molar-refractivity contribution in [2.75, 3.05) is 6.61 Å². The monoisotopic (exact) mass is 368 g/mol. The number of para-hydroxylation sites is 1. The SMILES string of the molecule is CCc1nc2ccccc2c(C(=O)OCC(=O)NC2CCCCCC2)c1C. The number of rotatable bonds is 5. The van der Waals surface area contributed by atoms with Gasteiger partial charge in [0.15, 0.2) is 6.61 Å². The van der Waals surface area contributed by atoms with E-state index in [0.29, 0.717) is 5.56 Å². The molecule has 1 aliphatic carbocycles. The Morgan fingerprint density at radius 1 is 1.15 bits per heavy atom. The summed E-state index contributed by atoms with van der Waals surface area (Å²) >= 11 is 0. The molecule has 2 aromatic rings. The minimum atomic E-state index is -0.461. The second kappa shape index (κ2) is 8.98. The van der Waals surface area contributed by atoms with Crippen LogP contribution in [0.4, 0.5) is 0 Å². The van der Waals surface area contributed by atoms with E-state index in [0.717, 1.165) is 54.3 Å². The van der Waals surface area contributed by atoms with Gasteiger partial charge in [0.05, 0.1) is 11.1 Å². The highest BCUT2D eigenvalue weighted by molar-refractivity contribution is 6.05. The highest BCUT2D eigenvalue weighted by Crippen LogP contribution is 2.24. The van der Waals surface area contributed by atoms with Gasteiger partial charge in [0.2, 0.25) is 0 Å². The van der Waals surface area contributed by atoms with Gasteiger partial charge in [0, 0.05) is 17.1 Å². The van der Waals surface area contributed by atoms with Gasteiger partial charge in [-0.1, -0.05) is 50.8 Å². The fourth-order valence-electron chi connectivity index (χ4n) is 3.86. The van der Waals surface area contributed by atoms with E-state index in [2.05, 4.69) is 10.3 Å². The van der Waals surface area contributed by atoms with Crippen molar-refractivity contribution >= 4 is 22.8 Å². The zero-order valence-corrected chi connectivity index (χ0v) is 16.2. The molecule has 1 N–H and O–H groups in total. The predicted octanol–water partition coefficient (Wildman–Crippen LogP) is 4.10. The van der Waals surface area contributed by atoms with Crippen LogP contribution in [0.3, 0.4) is 0 Å². The minimum Gasteiger partial charge on any atom is -0.452 e. The number of nitrogens with zero attached hydrogens (tertiary/aromatic N) is 1.